The minimum atomic E-state index is 0.716. The molecule has 0 saturated heterocycles. The molecule has 0 amide bonds. The van der Waals surface area contributed by atoms with Gasteiger partial charge >= 0.3 is 0 Å². The van der Waals surface area contributed by atoms with Crippen LogP contribution in [-0.4, -0.2) is 17.0 Å². The molecule has 3 aromatic rings. The van der Waals surface area contributed by atoms with E-state index in [1.165, 1.54) is 10.8 Å². The number of nitrogens with zero attached hydrogens (tertiary/aromatic N) is 2. The molecule has 0 aliphatic carbocycles. The lowest BCUT2D eigenvalue weighted by Gasteiger charge is -2.08. The monoisotopic (exact) mass is 328 g/mol. The molecule has 20 heavy (non-hydrogen) atoms. The maximum atomic E-state index is 4.39. The highest BCUT2D eigenvalue weighted by molar-refractivity contribution is 9.10. The van der Waals surface area contributed by atoms with E-state index in [4.69, 9.17) is 0 Å². The molecule has 0 aliphatic rings. The smallest absolute Gasteiger partial charge is 0.151 e. The molecule has 5 heteroatoms. The normalized spacial score (nSPS) is 10.5. The first kappa shape index (κ1) is 12.9. The minimum absolute atomic E-state index is 0.716. The Morgan fingerprint density at radius 2 is 1.70 bits per heavy atom. The number of nitrogens with one attached hydrogen (secondary N) is 2. The number of rotatable bonds is 3. The van der Waals surface area contributed by atoms with Gasteiger partial charge in [0.1, 0.15) is 5.82 Å². The Bertz CT molecular complexity index is 758. The van der Waals surface area contributed by atoms with E-state index in [2.05, 4.69) is 60.8 Å². The summed E-state index contributed by atoms with van der Waals surface area (Å²) >= 11 is 3.48. The first-order valence-corrected chi connectivity index (χ1v) is 7.00. The van der Waals surface area contributed by atoms with Gasteiger partial charge in [0.05, 0.1) is 12.4 Å². The molecule has 0 fully saturated rings. The standard InChI is InChI=1S/C15H13BrN4/c1-17-14-8-18-9-15(20-14)19-13-5-3-10-6-12(16)4-2-11(10)7-13/h2-9H,1H3,(H2,17,19,20). The van der Waals surface area contributed by atoms with Gasteiger partial charge in [-0.15, -0.1) is 0 Å². The van der Waals surface area contributed by atoms with Crippen LogP contribution in [0.15, 0.2) is 53.3 Å². The number of benzene rings is 2. The van der Waals surface area contributed by atoms with Crippen LogP contribution < -0.4 is 10.6 Å². The van der Waals surface area contributed by atoms with Gasteiger partial charge in [0, 0.05) is 17.2 Å². The van der Waals surface area contributed by atoms with Gasteiger partial charge in [-0.3, -0.25) is 4.98 Å². The summed E-state index contributed by atoms with van der Waals surface area (Å²) in [5.41, 5.74) is 0.988. The Kier molecular flexibility index (Phi) is 3.52. The fraction of sp³-hybridized carbons (Fsp3) is 0.0667. The number of fused-ring (bicyclic) bond motifs is 1. The molecule has 0 atom stereocenters. The highest BCUT2D eigenvalue weighted by Crippen LogP contribution is 2.24. The van der Waals surface area contributed by atoms with Gasteiger partial charge < -0.3 is 10.6 Å². The molecule has 3 rings (SSSR count). The van der Waals surface area contributed by atoms with Gasteiger partial charge in [-0.1, -0.05) is 28.1 Å². The number of hydrogen-bond donors (Lipinski definition) is 2. The molecule has 0 spiro atoms. The fourth-order valence-electron chi connectivity index (χ4n) is 1.99. The number of halogens is 1. The van der Waals surface area contributed by atoms with Crippen molar-refractivity contribution in [2.45, 2.75) is 0 Å². The van der Waals surface area contributed by atoms with Crippen molar-refractivity contribution in [3.05, 3.63) is 53.3 Å². The molecule has 0 radical (unpaired) electrons. The zero-order valence-corrected chi connectivity index (χ0v) is 12.5. The maximum Gasteiger partial charge on any atom is 0.151 e. The van der Waals surface area contributed by atoms with Crippen LogP contribution in [0, 0.1) is 0 Å². The Morgan fingerprint density at radius 1 is 0.950 bits per heavy atom. The van der Waals surface area contributed by atoms with Crippen molar-refractivity contribution in [3.8, 4) is 0 Å². The predicted molar refractivity (Wildman–Crippen MR) is 86.5 cm³/mol. The average molecular weight is 329 g/mol. The molecular formula is C15H13BrN4. The second-order valence-electron chi connectivity index (χ2n) is 4.37. The van der Waals surface area contributed by atoms with Crippen LogP contribution >= 0.6 is 15.9 Å². The van der Waals surface area contributed by atoms with E-state index < -0.39 is 0 Å². The van der Waals surface area contributed by atoms with Crippen LogP contribution in [0.25, 0.3) is 10.8 Å². The van der Waals surface area contributed by atoms with Crippen molar-refractivity contribution in [1.29, 1.82) is 0 Å². The molecule has 0 aliphatic heterocycles. The molecule has 0 unspecified atom stereocenters. The SMILES string of the molecule is CNc1cncc(Nc2ccc3cc(Br)ccc3c2)n1. The molecule has 2 aromatic carbocycles. The first-order valence-electron chi connectivity index (χ1n) is 6.21. The van der Waals surface area contributed by atoms with Gasteiger partial charge in [-0.05, 0) is 35.0 Å². The van der Waals surface area contributed by atoms with Crippen LogP contribution in [0.5, 0.6) is 0 Å². The summed E-state index contributed by atoms with van der Waals surface area (Å²) in [7, 11) is 1.82. The van der Waals surface area contributed by atoms with E-state index in [1.807, 2.05) is 19.2 Å². The van der Waals surface area contributed by atoms with Gasteiger partial charge in [0.15, 0.2) is 5.82 Å². The van der Waals surface area contributed by atoms with Crippen LogP contribution in [-0.2, 0) is 0 Å². The van der Waals surface area contributed by atoms with Crippen LogP contribution in [0.2, 0.25) is 0 Å². The van der Waals surface area contributed by atoms with Crippen molar-refractivity contribution in [2.75, 3.05) is 17.7 Å². The average Bonchev–Trinajstić information content (AvgIpc) is 2.47. The molecule has 1 heterocycles. The molecule has 0 bridgehead atoms. The Labute approximate surface area is 125 Å². The zero-order chi connectivity index (χ0) is 13.9. The van der Waals surface area contributed by atoms with Crippen molar-refractivity contribution in [2.24, 2.45) is 0 Å². The lowest BCUT2D eigenvalue weighted by Crippen LogP contribution is -1.98. The van der Waals surface area contributed by atoms with E-state index in [1.54, 1.807) is 12.4 Å². The third-order valence-corrected chi connectivity index (χ3v) is 3.46. The summed E-state index contributed by atoms with van der Waals surface area (Å²) in [6.07, 6.45) is 3.38. The topological polar surface area (TPSA) is 49.8 Å². The zero-order valence-electron chi connectivity index (χ0n) is 10.9. The summed E-state index contributed by atoms with van der Waals surface area (Å²) in [5.74, 6) is 1.45. The number of anilines is 3. The van der Waals surface area contributed by atoms with Crippen molar-refractivity contribution < 1.29 is 0 Å². The van der Waals surface area contributed by atoms with Gasteiger partial charge in [0.25, 0.3) is 0 Å². The second-order valence-corrected chi connectivity index (χ2v) is 5.29. The molecule has 4 nitrogen and oxygen atoms in total. The maximum absolute atomic E-state index is 4.39. The Hall–Kier alpha value is -2.14. The molecular weight excluding hydrogens is 316 g/mol. The number of aromatic nitrogens is 2. The highest BCUT2D eigenvalue weighted by Gasteiger charge is 2.00. The van der Waals surface area contributed by atoms with Crippen molar-refractivity contribution in [3.63, 3.8) is 0 Å². The first-order chi connectivity index (χ1) is 9.74. The third-order valence-electron chi connectivity index (χ3n) is 2.97. The number of hydrogen-bond acceptors (Lipinski definition) is 4. The summed E-state index contributed by atoms with van der Waals surface area (Å²) in [5, 5.41) is 8.60. The molecule has 2 N–H and O–H groups in total. The Balaban J connectivity index is 1.92. The largest absolute Gasteiger partial charge is 0.372 e. The minimum Gasteiger partial charge on any atom is -0.372 e. The molecule has 1 aromatic heterocycles. The quantitative estimate of drug-likeness (QED) is 0.757. The molecule has 100 valence electrons. The van der Waals surface area contributed by atoms with E-state index in [0.717, 1.165) is 16.0 Å². The van der Waals surface area contributed by atoms with Crippen molar-refractivity contribution >= 4 is 44.0 Å². The van der Waals surface area contributed by atoms with Crippen LogP contribution in [0.4, 0.5) is 17.3 Å². The van der Waals surface area contributed by atoms with Crippen LogP contribution in [0.3, 0.4) is 0 Å². The summed E-state index contributed by atoms with van der Waals surface area (Å²) in [6.45, 7) is 0. The van der Waals surface area contributed by atoms with Gasteiger partial charge in [0.2, 0.25) is 0 Å². The Morgan fingerprint density at radius 3 is 2.55 bits per heavy atom. The lowest BCUT2D eigenvalue weighted by molar-refractivity contribution is 1.18. The molecule has 0 saturated carbocycles. The fourth-order valence-corrected chi connectivity index (χ4v) is 2.37. The predicted octanol–water partition coefficient (Wildman–Crippen LogP) is 4.18. The summed E-state index contributed by atoms with van der Waals surface area (Å²) in [4.78, 5) is 8.52. The highest BCUT2D eigenvalue weighted by atomic mass is 79.9. The van der Waals surface area contributed by atoms with Crippen LogP contribution in [0.1, 0.15) is 0 Å². The summed E-state index contributed by atoms with van der Waals surface area (Å²) in [6, 6.07) is 12.4. The third kappa shape index (κ3) is 2.72. The van der Waals surface area contributed by atoms with Gasteiger partial charge in [-0.25, -0.2) is 4.98 Å². The van der Waals surface area contributed by atoms with E-state index in [9.17, 15) is 0 Å². The lowest BCUT2D eigenvalue weighted by atomic mass is 10.1. The summed E-state index contributed by atoms with van der Waals surface area (Å²) < 4.78 is 1.08. The second kappa shape index (κ2) is 5.46. The van der Waals surface area contributed by atoms with E-state index in [-0.39, 0.29) is 0 Å². The van der Waals surface area contributed by atoms with E-state index >= 15 is 0 Å². The van der Waals surface area contributed by atoms with Gasteiger partial charge in [-0.2, -0.15) is 0 Å². The van der Waals surface area contributed by atoms with E-state index in [0.29, 0.717) is 5.82 Å². The van der Waals surface area contributed by atoms with Crippen molar-refractivity contribution in [1.82, 2.24) is 9.97 Å².